The van der Waals surface area contributed by atoms with E-state index in [2.05, 4.69) is 24.1 Å². The van der Waals surface area contributed by atoms with E-state index in [1.807, 2.05) is 38.1 Å². The highest BCUT2D eigenvalue weighted by atomic mass is 16.5. The molecule has 4 heteroatoms. The number of piperidine rings is 1. The number of likely N-dealkylation sites (tertiary alicyclic amines) is 1. The molecule has 1 aromatic carbocycles. The SMILES string of the molecule is Cc1ccccc1OC(C)C(=O)NC1CCN(C(C)C)CC1. The summed E-state index contributed by atoms with van der Waals surface area (Å²) < 4.78 is 5.79. The minimum Gasteiger partial charge on any atom is -0.481 e. The highest BCUT2D eigenvalue weighted by molar-refractivity contribution is 5.81. The van der Waals surface area contributed by atoms with Crippen molar-refractivity contribution in [1.29, 1.82) is 0 Å². The molecule has 1 aromatic rings. The molecule has 0 bridgehead atoms. The minimum absolute atomic E-state index is 0.0220. The zero-order chi connectivity index (χ0) is 16.1. The third kappa shape index (κ3) is 4.47. The van der Waals surface area contributed by atoms with Crippen LogP contribution in [0.25, 0.3) is 0 Å². The number of hydrogen-bond acceptors (Lipinski definition) is 3. The second kappa shape index (κ2) is 7.63. The van der Waals surface area contributed by atoms with Gasteiger partial charge in [0.15, 0.2) is 6.10 Å². The number of nitrogens with zero attached hydrogens (tertiary/aromatic N) is 1. The second-order valence-corrected chi connectivity index (χ2v) is 6.44. The molecule has 0 spiro atoms. The summed E-state index contributed by atoms with van der Waals surface area (Å²) in [7, 11) is 0. The number of benzene rings is 1. The quantitative estimate of drug-likeness (QED) is 0.909. The van der Waals surface area contributed by atoms with E-state index in [0.717, 1.165) is 37.2 Å². The van der Waals surface area contributed by atoms with E-state index in [4.69, 9.17) is 4.74 Å². The Morgan fingerprint density at radius 1 is 1.23 bits per heavy atom. The number of rotatable bonds is 5. The van der Waals surface area contributed by atoms with E-state index in [-0.39, 0.29) is 11.9 Å². The highest BCUT2D eigenvalue weighted by Crippen LogP contribution is 2.18. The number of aryl methyl sites for hydroxylation is 1. The predicted molar refractivity (Wildman–Crippen MR) is 89.1 cm³/mol. The van der Waals surface area contributed by atoms with Gasteiger partial charge in [-0.15, -0.1) is 0 Å². The van der Waals surface area contributed by atoms with Gasteiger partial charge in [0.1, 0.15) is 5.75 Å². The summed E-state index contributed by atoms with van der Waals surface area (Å²) in [5.74, 6) is 0.756. The summed E-state index contributed by atoms with van der Waals surface area (Å²) >= 11 is 0. The van der Waals surface area contributed by atoms with Crippen LogP contribution < -0.4 is 10.1 Å². The lowest BCUT2D eigenvalue weighted by molar-refractivity contribution is -0.128. The third-order valence-corrected chi connectivity index (χ3v) is 4.37. The van der Waals surface area contributed by atoms with Crippen LogP contribution in [-0.4, -0.2) is 42.1 Å². The predicted octanol–water partition coefficient (Wildman–Crippen LogP) is 2.75. The van der Waals surface area contributed by atoms with Crippen molar-refractivity contribution >= 4 is 5.91 Å². The molecule has 1 N–H and O–H groups in total. The van der Waals surface area contributed by atoms with Gasteiger partial charge in [0.05, 0.1) is 0 Å². The van der Waals surface area contributed by atoms with Crippen LogP contribution in [0, 0.1) is 6.92 Å². The van der Waals surface area contributed by atoms with E-state index < -0.39 is 6.10 Å². The Kier molecular flexibility index (Phi) is 5.83. The molecule has 0 aliphatic carbocycles. The number of carbonyl (C=O) groups excluding carboxylic acids is 1. The van der Waals surface area contributed by atoms with E-state index in [1.54, 1.807) is 0 Å². The first-order valence-corrected chi connectivity index (χ1v) is 8.24. The minimum atomic E-state index is -0.468. The summed E-state index contributed by atoms with van der Waals surface area (Å²) in [6.45, 7) is 10.3. The lowest BCUT2D eigenvalue weighted by Gasteiger charge is -2.35. The largest absolute Gasteiger partial charge is 0.481 e. The van der Waals surface area contributed by atoms with E-state index in [1.165, 1.54) is 0 Å². The molecule has 0 radical (unpaired) electrons. The zero-order valence-corrected chi connectivity index (χ0v) is 14.1. The van der Waals surface area contributed by atoms with Crippen molar-refractivity contribution in [2.45, 2.75) is 58.7 Å². The molecular weight excluding hydrogens is 276 g/mol. The van der Waals surface area contributed by atoms with E-state index in [0.29, 0.717) is 6.04 Å². The fraction of sp³-hybridized carbons (Fsp3) is 0.611. The highest BCUT2D eigenvalue weighted by Gasteiger charge is 2.24. The van der Waals surface area contributed by atoms with E-state index in [9.17, 15) is 4.79 Å². The van der Waals surface area contributed by atoms with Gasteiger partial charge in [0.25, 0.3) is 5.91 Å². The Hall–Kier alpha value is -1.55. The first-order valence-electron chi connectivity index (χ1n) is 8.24. The number of nitrogens with one attached hydrogen (secondary N) is 1. The lowest BCUT2D eigenvalue weighted by Crippen LogP contribution is -2.49. The van der Waals surface area contributed by atoms with Crippen molar-refractivity contribution in [2.24, 2.45) is 0 Å². The Balaban J connectivity index is 1.81. The molecular formula is C18H28N2O2. The molecule has 1 fully saturated rings. The van der Waals surface area contributed by atoms with Gasteiger partial charge in [-0.1, -0.05) is 18.2 Å². The normalized spacial score (nSPS) is 18.2. The zero-order valence-electron chi connectivity index (χ0n) is 14.1. The molecule has 1 atom stereocenters. The molecule has 1 aliphatic heterocycles. The summed E-state index contributed by atoms with van der Waals surface area (Å²) in [6, 6.07) is 8.64. The smallest absolute Gasteiger partial charge is 0.260 e. The number of amides is 1. The summed E-state index contributed by atoms with van der Waals surface area (Å²) in [5, 5.41) is 3.13. The summed E-state index contributed by atoms with van der Waals surface area (Å²) in [4.78, 5) is 14.7. The molecule has 0 aromatic heterocycles. The maximum absolute atomic E-state index is 12.3. The fourth-order valence-corrected chi connectivity index (χ4v) is 2.81. The first kappa shape index (κ1) is 16.8. The first-order chi connectivity index (χ1) is 10.5. The van der Waals surface area contributed by atoms with Gasteiger partial charge >= 0.3 is 0 Å². The topological polar surface area (TPSA) is 41.6 Å². The maximum Gasteiger partial charge on any atom is 0.260 e. The molecule has 2 rings (SSSR count). The third-order valence-electron chi connectivity index (χ3n) is 4.37. The lowest BCUT2D eigenvalue weighted by atomic mass is 10.0. The second-order valence-electron chi connectivity index (χ2n) is 6.44. The van der Waals surface area contributed by atoms with Gasteiger partial charge in [-0.2, -0.15) is 0 Å². The monoisotopic (exact) mass is 304 g/mol. The molecule has 1 saturated heterocycles. The maximum atomic E-state index is 12.3. The molecule has 1 amide bonds. The molecule has 122 valence electrons. The van der Waals surface area contributed by atoms with E-state index >= 15 is 0 Å². The molecule has 0 saturated carbocycles. The van der Waals surface area contributed by atoms with Gasteiger partial charge in [0.2, 0.25) is 0 Å². The Labute approximate surface area is 133 Å². The van der Waals surface area contributed by atoms with Gasteiger partial charge in [-0.3, -0.25) is 4.79 Å². The van der Waals surface area contributed by atoms with Crippen molar-refractivity contribution in [3.05, 3.63) is 29.8 Å². The Morgan fingerprint density at radius 2 is 1.86 bits per heavy atom. The average Bonchev–Trinajstić information content (AvgIpc) is 2.50. The average molecular weight is 304 g/mol. The van der Waals surface area contributed by atoms with Crippen LogP contribution in [0.2, 0.25) is 0 Å². The fourth-order valence-electron chi connectivity index (χ4n) is 2.81. The van der Waals surface area contributed by atoms with Crippen molar-refractivity contribution in [2.75, 3.05) is 13.1 Å². The van der Waals surface area contributed by atoms with Gasteiger partial charge in [0, 0.05) is 25.2 Å². The van der Waals surface area contributed by atoms with Crippen LogP contribution in [0.15, 0.2) is 24.3 Å². The number of ether oxygens (including phenoxy) is 1. The summed E-state index contributed by atoms with van der Waals surface area (Å²) in [5.41, 5.74) is 1.05. The van der Waals surface area contributed by atoms with Crippen LogP contribution >= 0.6 is 0 Å². The van der Waals surface area contributed by atoms with Crippen molar-refractivity contribution in [3.8, 4) is 5.75 Å². The number of hydrogen-bond donors (Lipinski definition) is 1. The Bertz CT molecular complexity index is 494. The van der Waals surface area contributed by atoms with Crippen molar-refractivity contribution in [1.82, 2.24) is 10.2 Å². The molecule has 22 heavy (non-hydrogen) atoms. The standard InChI is InChI=1S/C18H28N2O2/c1-13(2)20-11-9-16(10-12-20)19-18(21)15(4)22-17-8-6-5-7-14(17)3/h5-8,13,15-16H,9-12H2,1-4H3,(H,19,21). The van der Waals surface area contributed by atoms with Crippen LogP contribution in [0.1, 0.15) is 39.2 Å². The molecule has 4 nitrogen and oxygen atoms in total. The summed E-state index contributed by atoms with van der Waals surface area (Å²) in [6.07, 6.45) is 1.56. The van der Waals surface area contributed by atoms with Gasteiger partial charge < -0.3 is 15.0 Å². The van der Waals surface area contributed by atoms with Gasteiger partial charge in [-0.25, -0.2) is 0 Å². The van der Waals surface area contributed by atoms with Crippen molar-refractivity contribution < 1.29 is 9.53 Å². The van der Waals surface area contributed by atoms with Crippen molar-refractivity contribution in [3.63, 3.8) is 0 Å². The Morgan fingerprint density at radius 3 is 2.45 bits per heavy atom. The number of para-hydroxylation sites is 1. The van der Waals surface area contributed by atoms with Crippen LogP contribution in [0.3, 0.4) is 0 Å². The van der Waals surface area contributed by atoms with Gasteiger partial charge in [-0.05, 0) is 52.2 Å². The molecule has 1 heterocycles. The number of carbonyl (C=O) groups is 1. The van der Waals surface area contributed by atoms with Crippen LogP contribution in [0.4, 0.5) is 0 Å². The van der Waals surface area contributed by atoms with Crippen LogP contribution in [-0.2, 0) is 4.79 Å². The molecule has 1 aliphatic rings. The molecule has 1 unspecified atom stereocenters. The van der Waals surface area contributed by atoms with Crippen LogP contribution in [0.5, 0.6) is 5.75 Å².